The number of nitrogens with zero attached hydrogens (tertiary/aromatic N) is 1. The van der Waals surface area contributed by atoms with E-state index >= 15 is 0 Å². The number of amides is 1. The van der Waals surface area contributed by atoms with E-state index < -0.39 is 23.8 Å². The standard InChI is InChI=1S/C29H30ClFN2O4/c30-24-16-21(6-11-27(24)37-23-8-9-23)28(35)25(17-33-12-1-13-33)32-29(36)26(34)10-3-18-2-4-20-15-22(31)7-5-19(20)14-18/h2,4-7,11,14-16,23,25,28,35H,1,3,8-10,12-13,17H2,(H,32,36)/t25-,28-/m1/s1. The predicted octanol–water partition coefficient (Wildman–Crippen LogP) is 4.60. The van der Waals surface area contributed by atoms with Crippen molar-refractivity contribution in [1.82, 2.24) is 10.2 Å². The molecule has 1 amide bonds. The van der Waals surface area contributed by atoms with Crippen LogP contribution in [0.25, 0.3) is 10.8 Å². The van der Waals surface area contributed by atoms with Gasteiger partial charge in [0.2, 0.25) is 5.78 Å². The molecule has 2 atom stereocenters. The van der Waals surface area contributed by atoms with Crippen molar-refractivity contribution in [1.29, 1.82) is 0 Å². The van der Waals surface area contributed by atoms with E-state index in [2.05, 4.69) is 10.2 Å². The zero-order valence-corrected chi connectivity index (χ0v) is 21.2. The number of halogens is 2. The Morgan fingerprint density at radius 1 is 1.08 bits per heavy atom. The van der Waals surface area contributed by atoms with Crippen molar-refractivity contribution < 1.29 is 23.8 Å². The van der Waals surface area contributed by atoms with Crippen LogP contribution < -0.4 is 10.1 Å². The van der Waals surface area contributed by atoms with Crippen molar-refractivity contribution >= 4 is 34.1 Å². The Bertz CT molecular complexity index is 1310. The molecular weight excluding hydrogens is 495 g/mol. The molecule has 6 nitrogen and oxygen atoms in total. The van der Waals surface area contributed by atoms with E-state index in [-0.39, 0.29) is 18.3 Å². The summed E-state index contributed by atoms with van der Waals surface area (Å²) in [5.74, 6) is -0.984. The van der Waals surface area contributed by atoms with Gasteiger partial charge in [-0.1, -0.05) is 41.9 Å². The highest BCUT2D eigenvalue weighted by atomic mass is 35.5. The lowest BCUT2D eigenvalue weighted by molar-refractivity contribution is -0.139. The molecule has 2 N–H and O–H groups in total. The van der Waals surface area contributed by atoms with Crippen LogP contribution in [-0.4, -0.2) is 53.5 Å². The summed E-state index contributed by atoms with van der Waals surface area (Å²) in [6.45, 7) is 2.20. The number of Topliss-reactive ketones (excluding diaryl/α,β-unsaturated/α-hetero) is 1. The first kappa shape index (κ1) is 25.6. The van der Waals surface area contributed by atoms with Crippen molar-refractivity contribution in [2.45, 2.75) is 50.4 Å². The fourth-order valence-corrected chi connectivity index (χ4v) is 4.74. The van der Waals surface area contributed by atoms with E-state index in [0.29, 0.717) is 29.3 Å². The third-order valence-electron chi connectivity index (χ3n) is 6.98. The van der Waals surface area contributed by atoms with E-state index in [1.54, 1.807) is 24.3 Å². The summed E-state index contributed by atoms with van der Waals surface area (Å²) in [5.41, 5.74) is 1.44. The lowest BCUT2D eigenvalue weighted by Gasteiger charge is -2.36. The lowest BCUT2D eigenvalue weighted by Crippen LogP contribution is -2.52. The van der Waals surface area contributed by atoms with Crippen LogP contribution in [-0.2, 0) is 16.0 Å². The Hall–Kier alpha value is -3.00. The molecule has 3 aromatic rings. The highest BCUT2D eigenvalue weighted by Gasteiger charge is 2.30. The van der Waals surface area contributed by atoms with E-state index in [1.165, 1.54) is 12.1 Å². The normalized spacial score (nSPS) is 17.2. The van der Waals surface area contributed by atoms with Gasteiger partial charge >= 0.3 is 0 Å². The number of hydrogen-bond acceptors (Lipinski definition) is 5. The fourth-order valence-electron chi connectivity index (χ4n) is 4.50. The van der Waals surface area contributed by atoms with Gasteiger partial charge in [-0.05, 0) is 84.9 Å². The van der Waals surface area contributed by atoms with Crippen molar-refractivity contribution in [3.05, 3.63) is 76.6 Å². The monoisotopic (exact) mass is 524 g/mol. The molecule has 1 saturated carbocycles. The average molecular weight is 525 g/mol. The van der Waals surface area contributed by atoms with Crippen LogP contribution in [0.2, 0.25) is 5.02 Å². The van der Waals surface area contributed by atoms with Crippen LogP contribution in [0, 0.1) is 5.82 Å². The van der Waals surface area contributed by atoms with Gasteiger partial charge in [0.15, 0.2) is 0 Å². The summed E-state index contributed by atoms with van der Waals surface area (Å²) in [6, 6.07) is 14.6. The van der Waals surface area contributed by atoms with Crippen molar-refractivity contribution in [3.63, 3.8) is 0 Å². The Morgan fingerprint density at radius 2 is 1.84 bits per heavy atom. The molecule has 2 aliphatic rings. The van der Waals surface area contributed by atoms with Gasteiger partial charge in [0, 0.05) is 13.0 Å². The number of fused-ring (bicyclic) bond motifs is 1. The number of hydrogen-bond donors (Lipinski definition) is 2. The molecule has 0 unspecified atom stereocenters. The summed E-state index contributed by atoms with van der Waals surface area (Å²) < 4.78 is 19.2. The maximum absolute atomic E-state index is 13.4. The Morgan fingerprint density at radius 3 is 2.54 bits per heavy atom. The van der Waals surface area contributed by atoms with E-state index in [9.17, 15) is 19.1 Å². The largest absolute Gasteiger partial charge is 0.489 e. The Labute approximate surface area is 220 Å². The first-order valence-electron chi connectivity index (χ1n) is 12.7. The summed E-state index contributed by atoms with van der Waals surface area (Å²) in [5, 5.41) is 16.0. The van der Waals surface area contributed by atoms with Crippen LogP contribution >= 0.6 is 11.6 Å². The van der Waals surface area contributed by atoms with Gasteiger partial charge in [-0.25, -0.2) is 4.39 Å². The van der Waals surface area contributed by atoms with Gasteiger partial charge in [0.1, 0.15) is 17.7 Å². The molecule has 0 spiro atoms. The van der Waals surface area contributed by atoms with Gasteiger partial charge in [-0.15, -0.1) is 0 Å². The summed E-state index contributed by atoms with van der Waals surface area (Å²) in [4.78, 5) is 27.6. The molecule has 1 heterocycles. The van der Waals surface area contributed by atoms with Crippen LogP contribution in [0.4, 0.5) is 4.39 Å². The molecule has 3 aromatic carbocycles. The summed E-state index contributed by atoms with van der Waals surface area (Å²) >= 11 is 6.39. The highest BCUT2D eigenvalue weighted by Crippen LogP contribution is 2.34. The van der Waals surface area contributed by atoms with Crippen molar-refractivity contribution in [2.75, 3.05) is 19.6 Å². The molecule has 37 heavy (non-hydrogen) atoms. The SMILES string of the molecule is O=C(CCc1ccc2cc(F)ccc2c1)C(=O)N[C@H](CN1CCC1)[C@H](O)c1ccc(OC2CC2)c(Cl)c1. The second-order valence-electron chi connectivity index (χ2n) is 9.94. The molecule has 0 bridgehead atoms. The molecule has 1 aliphatic carbocycles. The third kappa shape index (κ3) is 6.47. The molecule has 2 fully saturated rings. The molecule has 5 rings (SSSR count). The van der Waals surface area contributed by atoms with Gasteiger partial charge in [-0.3, -0.25) is 9.59 Å². The molecular formula is C29H30ClFN2O4. The molecule has 0 radical (unpaired) electrons. The fraction of sp³-hybridized carbons (Fsp3) is 0.379. The minimum Gasteiger partial charge on any atom is -0.489 e. The minimum atomic E-state index is -1.04. The number of aliphatic hydroxyl groups is 1. The van der Waals surface area contributed by atoms with E-state index in [1.807, 2.05) is 18.2 Å². The summed E-state index contributed by atoms with van der Waals surface area (Å²) in [6.07, 6.45) is 2.67. The number of benzene rings is 3. The third-order valence-corrected chi connectivity index (χ3v) is 7.27. The quantitative estimate of drug-likeness (QED) is 0.358. The maximum Gasteiger partial charge on any atom is 0.287 e. The molecule has 0 aromatic heterocycles. The van der Waals surface area contributed by atoms with Crippen LogP contribution in [0.5, 0.6) is 5.75 Å². The number of carbonyl (C=O) groups is 2. The topological polar surface area (TPSA) is 78.9 Å². The number of likely N-dealkylation sites (tertiary alicyclic amines) is 1. The van der Waals surface area contributed by atoms with Crippen LogP contribution in [0.15, 0.2) is 54.6 Å². The Balaban J connectivity index is 1.22. The van der Waals surface area contributed by atoms with Crippen LogP contribution in [0.3, 0.4) is 0 Å². The molecule has 8 heteroatoms. The number of nitrogens with one attached hydrogen (secondary N) is 1. The zero-order chi connectivity index (χ0) is 25.9. The van der Waals surface area contributed by atoms with Gasteiger partial charge in [-0.2, -0.15) is 0 Å². The minimum absolute atomic E-state index is 0.0318. The number of aliphatic hydroxyl groups excluding tert-OH is 1. The van der Waals surface area contributed by atoms with Gasteiger partial charge in [0.25, 0.3) is 5.91 Å². The predicted molar refractivity (Wildman–Crippen MR) is 140 cm³/mol. The van der Waals surface area contributed by atoms with Crippen molar-refractivity contribution in [3.8, 4) is 5.75 Å². The number of ketones is 1. The smallest absolute Gasteiger partial charge is 0.287 e. The van der Waals surface area contributed by atoms with Gasteiger partial charge < -0.3 is 20.1 Å². The number of rotatable bonds is 11. The number of ether oxygens (including phenoxy) is 1. The molecule has 194 valence electrons. The second kappa shape index (κ2) is 11.2. The Kier molecular flexibility index (Phi) is 7.74. The molecule has 1 aliphatic heterocycles. The number of carbonyl (C=O) groups excluding carboxylic acids is 2. The number of aryl methyl sites for hydroxylation is 1. The van der Waals surface area contributed by atoms with Crippen LogP contribution in [0.1, 0.15) is 42.9 Å². The zero-order valence-electron chi connectivity index (χ0n) is 20.5. The second-order valence-corrected chi connectivity index (χ2v) is 10.3. The molecule has 1 saturated heterocycles. The van der Waals surface area contributed by atoms with E-state index in [0.717, 1.165) is 48.7 Å². The first-order valence-corrected chi connectivity index (χ1v) is 13.1. The average Bonchev–Trinajstić information content (AvgIpc) is 3.68. The summed E-state index contributed by atoms with van der Waals surface area (Å²) in [7, 11) is 0. The lowest BCUT2D eigenvalue weighted by atomic mass is 9.99. The highest BCUT2D eigenvalue weighted by molar-refractivity contribution is 6.36. The van der Waals surface area contributed by atoms with Gasteiger partial charge in [0.05, 0.1) is 17.2 Å². The van der Waals surface area contributed by atoms with Crippen molar-refractivity contribution in [2.24, 2.45) is 0 Å². The maximum atomic E-state index is 13.4. The van der Waals surface area contributed by atoms with E-state index in [4.69, 9.17) is 16.3 Å². The first-order chi connectivity index (χ1) is 17.9.